The Morgan fingerprint density at radius 2 is 1.18 bits per heavy atom. The largest absolute Gasteiger partial charge is 0.461 e. The van der Waals surface area contributed by atoms with Gasteiger partial charge >= 0.3 is 12.1 Å². The molecule has 0 aliphatic carbocycles. The summed E-state index contributed by atoms with van der Waals surface area (Å²) >= 11 is 3.81. The van der Waals surface area contributed by atoms with Crippen LogP contribution in [-0.2, 0) is 9.47 Å². The Balaban J connectivity index is 1.64. The van der Waals surface area contributed by atoms with Crippen LogP contribution in [0.15, 0.2) is 16.1 Å². The van der Waals surface area contributed by atoms with Crippen LogP contribution in [-0.4, -0.2) is 51.0 Å². The third-order valence-electron chi connectivity index (χ3n) is 6.06. The molecule has 12 nitrogen and oxygen atoms in total. The van der Waals surface area contributed by atoms with Crippen molar-refractivity contribution in [2.45, 2.75) is 86.0 Å². The number of nitrogens with one attached hydrogen (secondary N) is 3. The maximum Gasteiger partial charge on any atom is 0.408 e. The highest BCUT2D eigenvalue weighted by Gasteiger charge is 2.28. The molecule has 3 aromatic heterocycles. The molecule has 3 N–H and O–H groups in total. The predicted molar refractivity (Wildman–Crippen MR) is 170 cm³/mol. The predicted octanol–water partition coefficient (Wildman–Crippen LogP) is 6.07. The number of hydrogen-bond donors (Lipinski definition) is 3. The normalized spacial score (nSPS) is 13.7. The van der Waals surface area contributed by atoms with Gasteiger partial charge in [-0.25, -0.2) is 24.5 Å². The first-order valence-electron chi connectivity index (χ1n) is 14.2. The van der Waals surface area contributed by atoms with Gasteiger partial charge in [0.2, 0.25) is 0 Å². The van der Waals surface area contributed by atoms with Crippen molar-refractivity contribution in [1.29, 1.82) is 0 Å². The molecular weight excluding hydrogens is 625 g/mol. The quantitative estimate of drug-likeness (QED) is 0.195. The van der Waals surface area contributed by atoms with E-state index < -0.39 is 41.7 Å². The van der Waals surface area contributed by atoms with Crippen molar-refractivity contribution in [3.8, 4) is 0 Å². The lowest BCUT2D eigenvalue weighted by atomic mass is 10.1. The first-order valence-corrected chi connectivity index (χ1v) is 16.9. The lowest BCUT2D eigenvalue weighted by Crippen LogP contribution is -2.36. The van der Waals surface area contributed by atoms with Crippen LogP contribution < -0.4 is 16.0 Å². The minimum atomic E-state index is -0.640. The molecule has 3 aromatic rings. The molecule has 0 fully saturated rings. The van der Waals surface area contributed by atoms with Crippen LogP contribution in [0.1, 0.15) is 127 Å². The van der Waals surface area contributed by atoms with Gasteiger partial charge in [0, 0.05) is 16.1 Å². The van der Waals surface area contributed by atoms with Crippen LogP contribution in [0.3, 0.4) is 0 Å². The zero-order chi connectivity index (χ0) is 32.8. The monoisotopic (exact) mass is 664 g/mol. The molecule has 3 rings (SSSR count). The van der Waals surface area contributed by atoms with Crippen molar-refractivity contribution >= 4 is 57.9 Å². The molecule has 0 saturated heterocycles. The number of ether oxygens (including phenoxy) is 2. The average molecular weight is 665 g/mol. The summed E-state index contributed by atoms with van der Waals surface area (Å²) in [5, 5.41) is 15.3. The molecule has 3 atom stereocenters. The summed E-state index contributed by atoms with van der Waals surface area (Å²) in [6.45, 7) is 16.9. The Kier molecular flexibility index (Phi) is 12.0. The number of esters is 1. The average Bonchev–Trinajstić information content (AvgIpc) is 3.70. The molecule has 0 aromatic carbocycles. The molecule has 0 bridgehead atoms. The summed E-state index contributed by atoms with van der Waals surface area (Å²) in [6, 6.07) is -1.35. The van der Waals surface area contributed by atoms with E-state index in [1.807, 2.05) is 27.7 Å². The topological polar surface area (TPSA) is 162 Å². The van der Waals surface area contributed by atoms with Crippen molar-refractivity contribution in [3.63, 3.8) is 0 Å². The molecule has 3 amide bonds. The van der Waals surface area contributed by atoms with E-state index in [2.05, 4.69) is 30.9 Å². The summed E-state index contributed by atoms with van der Waals surface area (Å²) in [5.74, 6) is -1.29. The van der Waals surface area contributed by atoms with Crippen molar-refractivity contribution in [2.75, 3.05) is 6.61 Å². The molecule has 3 heterocycles. The third-order valence-corrected chi connectivity index (χ3v) is 8.94. The van der Waals surface area contributed by atoms with Gasteiger partial charge in [0.1, 0.15) is 32.0 Å². The Morgan fingerprint density at radius 3 is 1.70 bits per heavy atom. The number of alkyl carbamates (subject to hydrolysis) is 1. The summed E-state index contributed by atoms with van der Waals surface area (Å²) in [4.78, 5) is 63.9. The van der Waals surface area contributed by atoms with Gasteiger partial charge in [0.05, 0.1) is 24.7 Å². The molecule has 0 spiro atoms. The van der Waals surface area contributed by atoms with Gasteiger partial charge in [-0.05, 0) is 46.5 Å². The number of amides is 3. The molecule has 240 valence electrons. The summed E-state index contributed by atoms with van der Waals surface area (Å²) in [6.07, 6.45) is -0.553. The molecule has 0 unspecified atom stereocenters. The second-order valence-electron chi connectivity index (χ2n) is 11.7. The summed E-state index contributed by atoms with van der Waals surface area (Å²) < 4.78 is 10.4. The van der Waals surface area contributed by atoms with Crippen LogP contribution in [0.2, 0.25) is 0 Å². The van der Waals surface area contributed by atoms with Crippen LogP contribution >= 0.6 is 34.0 Å². The Morgan fingerprint density at radius 1 is 0.727 bits per heavy atom. The smallest absolute Gasteiger partial charge is 0.408 e. The maximum atomic E-state index is 13.1. The minimum Gasteiger partial charge on any atom is -0.461 e. The van der Waals surface area contributed by atoms with Crippen molar-refractivity contribution in [1.82, 2.24) is 30.9 Å². The van der Waals surface area contributed by atoms with Gasteiger partial charge in [-0.2, -0.15) is 0 Å². The fraction of sp³-hybridized carbons (Fsp3) is 0.552. The molecule has 0 radical (unpaired) electrons. The Bertz CT molecular complexity index is 1460. The van der Waals surface area contributed by atoms with E-state index in [1.165, 1.54) is 34.0 Å². The van der Waals surface area contributed by atoms with Crippen LogP contribution in [0.4, 0.5) is 4.79 Å². The van der Waals surface area contributed by atoms with E-state index >= 15 is 0 Å². The standard InChI is InChI=1S/C29H40N6O6S3/c1-10-40-27(38)19-13-44-25(33-19)20(14(2)3)34-23(37)18-11-42-24(31-18)16(6)30-22(36)17-12-43-26(32-17)21(15(4)5)35-28(39)41-29(7,8)9/h11-16,20-21H,10H2,1-9H3,(H,30,36)(H,34,37)(H,35,39)/t16-,20-,21-/m0/s1. The highest BCUT2D eigenvalue weighted by Crippen LogP contribution is 2.28. The number of thiazole rings is 3. The number of rotatable bonds is 12. The fourth-order valence-corrected chi connectivity index (χ4v) is 6.70. The number of carbonyl (C=O) groups excluding carboxylic acids is 4. The number of aromatic nitrogens is 3. The van der Waals surface area contributed by atoms with Gasteiger partial charge in [0.25, 0.3) is 11.8 Å². The number of carbonyl (C=O) groups is 4. The van der Waals surface area contributed by atoms with Crippen molar-refractivity contribution in [2.24, 2.45) is 11.8 Å². The second kappa shape index (κ2) is 15.0. The number of nitrogens with zero attached hydrogens (tertiary/aromatic N) is 3. The van der Waals surface area contributed by atoms with E-state index in [0.29, 0.717) is 15.0 Å². The molecule has 15 heteroatoms. The highest BCUT2D eigenvalue weighted by atomic mass is 32.1. The summed E-state index contributed by atoms with van der Waals surface area (Å²) in [5.41, 5.74) is -0.00591. The van der Waals surface area contributed by atoms with Gasteiger partial charge in [-0.3, -0.25) is 9.59 Å². The van der Waals surface area contributed by atoms with Crippen molar-refractivity contribution < 1.29 is 28.7 Å². The van der Waals surface area contributed by atoms with Gasteiger partial charge in [-0.15, -0.1) is 34.0 Å². The van der Waals surface area contributed by atoms with Gasteiger partial charge in [0.15, 0.2) is 5.69 Å². The van der Waals surface area contributed by atoms with E-state index in [-0.39, 0.29) is 41.4 Å². The van der Waals surface area contributed by atoms with Crippen LogP contribution in [0.5, 0.6) is 0 Å². The van der Waals surface area contributed by atoms with Crippen LogP contribution in [0, 0.1) is 11.8 Å². The molecule has 44 heavy (non-hydrogen) atoms. The zero-order valence-electron chi connectivity index (χ0n) is 26.3. The minimum absolute atomic E-state index is 0.00547. The fourth-order valence-electron chi connectivity index (χ4n) is 3.86. The first-order chi connectivity index (χ1) is 20.6. The van der Waals surface area contributed by atoms with E-state index in [1.54, 1.807) is 50.8 Å². The SMILES string of the molecule is CCOC(=O)c1csc([C@@H](NC(=O)c2csc([C@H](C)NC(=O)c3csc([C@@H](NC(=O)OC(C)(C)C)C(C)C)n3)n2)C(C)C)n1. The summed E-state index contributed by atoms with van der Waals surface area (Å²) in [7, 11) is 0. The van der Waals surface area contributed by atoms with Gasteiger partial charge in [-0.1, -0.05) is 27.7 Å². The second-order valence-corrected chi connectivity index (χ2v) is 14.4. The zero-order valence-corrected chi connectivity index (χ0v) is 28.8. The van der Waals surface area contributed by atoms with E-state index in [9.17, 15) is 19.2 Å². The van der Waals surface area contributed by atoms with Crippen LogP contribution in [0.25, 0.3) is 0 Å². The maximum absolute atomic E-state index is 13.1. The lowest BCUT2D eigenvalue weighted by molar-refractivity contribution is 0.0486. The van der Waals surface area contributed by atoms with E-state index in [4.69, 9.17) is 9.47 Å². The lowest BCUT2D eigenvalue weighted by Gasteiger charge is -2.24. The highest BCUT2D eigenvalue weighted by molar-refractivity contribution is 7.10. The van der Waals surface area contributed by atoms with E-state index in [0.717, 1.165) is 0 Å². The Labute approximate surface area is 269 Å². The number of hydrogen-bond acceptors (Lipinski definition) is 12. The molecule has 0 aliphatic rings. The molecule has 0 aliphatic heterocycles. The first kappa shape index (κ1) is 35.1. The van der Waals surface area contributed by atoms with Crippen molar-refractivity contribution in [3.05, 3.63) is 48.2 Å². The molecular formula is C29H40N6O6S3. The molecule has 0 saturated carbocycles. The van der Waals surface area contributed by atoms with Gasteiger partial charge < -0.3 is 25.4 Å². The third kappa shape index (κ3) is 9.53. The Hall–Kier alpha value is -3.43.